The maximum atomic E-state index is 12.6. The van der Waals surface area contributed by atoms with Gasteiger partial charge in [-0.15, -0.1) is 0 Å². The fraction of sp³-hybridized carbons (Fsp3) is 1.00. The highest BCUT2D eigenvalue weighted by Crippen LogP contribution is 2.39. The van der Waals surface area contributed by atoms with Crippen LogP contribution in [0.1, 0.15) is 47.0 Å². The highest BCUT2D eigenvalue weighted by molar-refractivity contribution is 4.94. The van der Waals surface area contributed by atoms with Crippen LogP contribution in [0.5, 0.6) is 0 Å². The standard InChI is InChI=1S/C13H24F3NO/c1-9(2)17(8-13(14,15)16)10-6-5-7-12(3,4)11(10)18/h9-11,18H,5-8H2,1-4H3. The summed E-state index contributed by atoms with van der Waals surface area (Å²) in [6.07, 6.45) is -2.54. The lowest BCUT2D eigenvalue weighted by Gasteiger charge is -2.47. The number of aliphatic hydroxyl groups excluding tert-OH is 1. The molecule has 1 aliphatic carbocycles. The first-order chi connectivity index (χ1) is 8.04. The Bertz CT molecular complexity index is 276. The third-order valence-electron chi connectivity index (χ3n) is 3.94. The maximum absolute atomic E-state index is 12.6. The van der Waals surface area contributed by atoms with Crippen molar-refractivity contribution in [1.82, 2.24) is 4.90 Å². The molecule has 18 heavy (non-hydrogen) atoms. The van der Waals surface area contributed by atoms with Gasteiger partial charge in [0, 0.05) is 12.1 Å². The first kappa shape index (κ1) is 15.8. The predicted octanol–water partition coefficient (Wildman–Crippen LogP) is 3.20. The van der Waals surface area contributed by atoms with Crippen molar-refractivity contribution in [1.29, 1.82) is 0 Å². The molecule has 0 radical (unpaired) electrons. The number of nitrogens with zero attached hydrogens (tertiary/aromatic N) is 1. The van der Waals surface area contributed by atoms with E-state index in [1.165, 1.54) is 4.90 Å². The van der Waals surface area contributed by atoms with Crippen LogP contribution in [0, 0.1) is 5.41 Å². The number of aliphatic hydroxyl groups is 1. The van der Waals surface area contributed by atoms with Gasteiger partial charge in [0.15, 0.2) is 0 Å². The highest BCUT2D eigenvalue weighted by Gasteiger charge is 2.44. The van der Waals surface area contributed by atoms with E-state index in [2.05, 4.69) is 0 Å². The summed E-state index contributed by atoms with van der Waals surface area (Å²) in [6, 6.07) is -0.615. The van der Waals surface area contributed by atoms with Gasteiger partial charge in [-0.1, -0.05) is 20.3 Å². The minimum absolute atomic E-state index is 0.222. The van der Waals surface area contributed by atoms with Crippen molar-refractivity contribution in [3.8, 4) is 0 Å². The van der Waals surface area contributed by atoms with Crippen molar-refractivity contribution in [2.45, 2.75) is 71.3 Å². The van der Waals surface area contributed by atoms with Gasteiger partial charge in [0.25, 0.3) is 0 Å². The van der Waals surface area contributed by atoms with E-state index in [9.17, 15) is 18.3 Å². The van der Waals surface area contributed by atoms with Crippen LogP contribution in [0.25, 0.3) is 0 Å². The zero-order valence-corrected chi connectivity index (χ0v) is 11.6. The normalized spacial score (nSPS) is 29.0. The van der Waals surface area contributed by atoms with E-state index in [1.807, 2.05) is 13.8 Å². The van der Waals surface area contributed by atoms with Crippen LogP contribution in [-0.4, -0.2) is 40.9 Å². The van der Waals surface area contributed by atoms with Gasteiger partial charge < -0.3 is 5.11 Å². The van der Waals surface area contributed by atoms with Crippen molar-refractivity contribution in [3.63, 3.8) is 0 Å². The van der Waals surface area contributed by atoms with Gasteiger partial charge >= 0.3 is 6.18 Å². The predicted molar refractivity (Wildman–Crippen MR) is 65.3 cm³/mol. The Morgan fingerprint density at radius 1 is 1.33 bits per heavy atom. The summed E-state index contributed by atoms with van der Waals surface area (Å²) in [6.45, 7) is 6.41. The smallest absolute Gasteiger partial charge is 0.391 e. The molecule has 5 heteroatoms. The lowest BCUT2D eigenvalue weighted by molar-refractivity contribution is -0.169. The molecule has 0 aliphatic heterocycles. The Hall–Kier alpha value is -0.290. The average Bonchev–Trinajstić information content (AvgIpc) is 2.17. The second kappa shape index (κ2) is 5.37. The topological polar surface area (TPSA) is 23.5 Å². The number of halogens is 3. The Kier molecular flexibility index (Phi) is 4.70. The van der Waals surface area contributed by atoms with Crippen molar-refractivity contribution < 1.29 is 18.3 Å². The molecule has 1 saturated carbocycles. The number of alkyl halides is 3. The van der Waals surface area contributed by atoms with Crippen LogP contribution >= 0.6 is 0 Å². The van der Waals surface area contributed by atoms with Gasteiger partial charge in [0.2, 0.25) is 0 Å². The van der Waals surface area contributed by atoms with Crippen LogP contribution in [0.4, 0.5) is 13.2 Å². The Morgan fingerprint density at radius 2 is 1.89 bits per heavy atom. The average molecular weight is 267 g/mol. The molecule has 1 N–H and O–H groups in total. The summed E-state index contributed by atoms with van der Waals surface area (Å²) in [4.78, 5) is 1.39. The van der Waals surface area contributed by atoms with Gasteiger partial charge in [0.1, 0.15) is 0 Å². The van der Waals surface area contributed by atoms with Crippen LogP contribution in [0.15, 0.2) is 0 Å². The van der Waals surface area contributed by atoms with E-state index < -0.39 is 24.9 Å². The summed E-state index contributed by atoms with van der Waals surface area (Å²) in [5.41, 5.74) is -0.304. The van der Waals surface area contributed by atoms with Crippen molar-refractivity contribution in [3.05, 3.63) is 0 Å². The van der Waals surface area contributed by atoms with Crippen LogP contribution in [0.2, 0.25) is 0 Å². The molecule has 0 aromatic heterocycles. The highest BCUT2D eigenvalue weighted by atomic mass is 19.4. The van der Waals surface area contributed by atoms with Crippen LogP contribution in [0.3, 0.4) is 0 Å². The Labute approximate surface area is 107 Å². The quantitative estimate of drug-likeness (QED) is 0.849. The molecule has 2 nitrogen and oxygen atoms in total. The maximum Gasteiger partial charge on any atom is 0.401 e. The lowest BCUT2D eigenvalue weighted by atomic mass is 9.72. The summed E-state index contributed by atoms with van der Waals surface area (Å²) >= 11 is 0. The molecule has 0 saturated heterocycles. The molecule has 1 rings (SSSR count). The van der Waals surface area contributed by atoms with Crippen molar-refractivity contribution in [2.75, 3.05) is 6.54 Å². The van der Waals surface area contributed by atoms with Gasteiger partial charge in [0.05, 0.1) is 12.6 Å². The summed E-state index contributed by atoms with van der Waals surface area (Å²) in [7, 11) is 0. The first-order valence-electron chi connectivity index (χ1n) is 6.55. The van der Waals surface area contributed by atoms with Crippen LogP contribution < -0.4 is 0 Å². The molecule has 0 amide bonds. The number of hydrogen-bond acceptors (Lipinski definition) is 2. The lowest BCUT2D eigenvalue weighted by Crippen LogP contribution is -2.56. The van der Waals surface area contributed by atoms with Crippen molar-refractivity contribution in [2.24, 2.45) is 5.41 Å². The van der Waals surface area contributed by atoms with Gasteiger partial charge in [-0.05, 0) is 32.1 Å². The van der Waals surface area contributed by atoms with E-state index >= 15 is 0 Å². The molecular weight excluding hydrogens is 243 g/mol. The molecular formula is C13H24F3NO. The minimum Gasteiger partial charge on any atom is -0.391 e. The molecule has 0 aromatic carbocycles. The van der Waals surface area contributed by atoms with E-state index in [-0.39, 0.29) is 11.5 Å². The first-order valence-corrected chi connectivity index (χ1v) is 6.55. The van der Waals surface area contributed by atoms with E-state index in [4.69, 9.17) is 0 Å². The molecule has 0 bridgehead atoms. The fourth-order valence-electron chi connectivity index (χ4n) is 2.83. The second-order valence-corrected chi connectivity index (χ2v) is 6.27. The number of hydrogen-bond donors (Lipinski definition) is 1. The van der Waals surface area contributed by atoms with E-state index in [1.54, 1.807) is 13.8 Å². The monoisotopic (exact) mass is 267 g/mol. The third-order valence-corrected chi connectivity index (χ3v) is 3.94. The second-order valence-electron chi connectivity index (χ2n) is 6.27. The molecule has 0 heterocycles. The molecule has 0 aromatic rings. The molecule has 0 spiro atoms. The molecule has 108 valence electrons. The van der Waals surface area contributed by atoms with Gasteiger partial charge in [-0.3, -0.25) is 4.90 Å². The number of rotatable bonds is 3. The zero-order valence-electron chi connectivity index (χ0n) is 11.6. The Balaban J connectivity index is 2.85. The third kappa shape index (κ3) is 3.85. The summed E-state index contributed by atoms with van der Waals surface area (Å²) in [5, 5.41) is 10.3. The minimum atomic E-state index is -4.22. The van der Waals surface area contributed by atoms with Crippen LogP contribution in [-0.2, 0) is 0 Å². The van der Waals surface area contributed by atoms with Crippen molar-refractivity contribution >= 4 is 0 Å². The Morgan fingerprint density at radius 3 is 2.33 bits per heavy atom. The summed E-state index contributed by atoms with van der Waals surface area (Å²) in [5.74, 6) is 0. The molecule has 2 atom stereocenters. The van der Waals surface area contributed by atoms with E-state index in [0.29, 0.717) is 6.42 Å². The van der Waals surface area contributed by atoms with Gasteiger partial charge in [-0.25, -0.2) is 0 Å². The fourth-order valence-corrected chi connectivity index (χ4v) is 2.83. The largest absolute Gasteiger partial charge is 0.401 e. The zero-order chi connectivity index (χ0) is 14.1. The molecule has 1 aliphatic rings. The SMILES string of the molecule is CC(C)N(CC(F)(F)F)C1CCCC(C)(C)C1O. The summed E-state index contributed by atoms with van der Waals surface area (Å²) < 4.78 is 37.9. The molecule has 2 unspecified atom stereocenters. The van der Waals surface area contributed by atoms with E-state index in [0.717, 1.165) is 12.8 Å². The van der Waals surface area contributed by atoms with Gasteiger partial charge in [-0.2, -0.15) is 13.2 Å². The molecule has 1 fully saturated rings.